The van der Waals surface area contributed by atoms with Gasteiger partial charge in [0.25, 0.3) is 0 Å². The smallest absolute Gasteiger partial charge is 0.306 e. The van der Waals surface area contributed by atoms with Crippen LogP contribution in [-0.4, -0.2) is 24.5 Å². The lowest BCUT2D eigenvalue weighted by molar-refractivity contribution is -0.146. The largest absolute Gasteiger partial charge is 0.493 e. The van der Waals surface area contributed by atoms with Gasteiger partial charge in [-0.05, 0) is 56.2 Å². The molecule has 29 heavy (non-hydrogen) atoms. The first kappa shape index (κ1) is 20.7. The van der Waals surface area contributed by atoms with Crippen molar-refractivity contribution in [1.82, 2.24) is 0 Å². The first-order chi connectivity index (χ1) is 13.9. The summed E-state index contributed by atoms with van der Waals surface area (Å²) in [5, 5.41) is 0.978. The second-order valence-corrected chi connectivity index (χ2v) is 7.12. The van der Waals surface area contributed by atoms with Crippen molar-refractivity contribution in [3.63, 3.8) is 0 Å². The van der Waals surface area contributed by atoms with Gasteiger partial charge in [0.15, 0.2) is 10.8 Å². The zero-order chi connectivity index (χ0) is 20.8. The molecule has 0 N–H and O–H groups in total. The third-order valence-corrected chi connectivity index (χ3v) is 4.65. The van der Waals surface area contributed by atoms with Crippen molar-refractivity contribution in [2.75, 3.05) is 6.61 Å². The molecule has 0 radical (unpaired) electrons. The van der Waals surface area contributed by atoms with Gasteiger partial charge in [-0.3, -0.25) is 9.59 Å². The number of ketones is 1. The van der Waals surface area contributed by atoms with E-state index in [1.807, 2.05) is 31.2 Å². The van der Waals surface area contributed by atoms with Crippen LogP contribution >= 0.6 is 12.2 Å². The second-order valence-electron chi connectivity index (χ2n) is 6.72. The number of Topliss-reactive ketones (excluding diaryl/α,β-unsaturated/α-hetero) is 1. The zero-order valence-corrected chi connectivity index (χ0v) is 17.2. The lowest BCUT2D eigenvalue weighted by atomic mass is 10.1. The molecule has 1 atom stereocenters. The van der Waals surface area contributed by atoms with Crippen LogP contribution in [0.15, 0.2) is 59.0 Å². The summed E-state index contributed by atoms with van der Waals surface area (Å²) in [6.45, 7) is 3.90. The van der Waals surface area contributed by atoms with E-state index in [4.69, 9.17) is 26.1 Å². The van der Waals surface area contributed by atoms with E-state index >= 15 is 0 Å². The van der Waals surface area contributed by atoms with E-state index in [1.165, 1.54) is 0 Å². The van der Waals surface area contributed by atoms with E-state index < -0.39 is 12.1 Å². The summed E-state index contributed by atoms with van der Waals surface area (Å²) in [7, 11) is 0. The van der Waals surface area contributed by atoms with Gasteiger partial charge < -0.3 is 13.9 Å². The molecule has 1 aromatic heterocycles. The van der Waals surface area contributed by atoms with Crippen molar-refractivity contribution in [2.45, 2.75) is 32.8 Å². The molecule has 0 fully saturated rings. The van der Waals surface area contributed by atoms with Crippen molar-refractivity contribution in [3.05, 3.63) is 70.4 Å². The van der Waals surface area contributed by atoms with Crippen molar-refractivity contribution >= 4 is 34.9 Å². The van der Waals surface area contributed by atoms with Crippen molar-refractivity contribution < 1.29 is 23.5 Å². The van der Waals surface area contributed by atoms with E-state index in [2.05, 4.69) is 0 Å². The Morgan fingerprint density at radius 3 is 2.62 bits per heavy atom. The maximum atomic E-state index is 12.2. The molecule has 3 rings (SSSR count). The van der Waals surface area contributed by atoms with Crippen LogP contribution in [0, 0.1) is 11.6 Å². The topological polar surface area (TPSA) is 65.7 Å². The van der Waals surface area contributed by atoms with Crippen molar-refractivity contribution in [3.8, 4) is 5.75 Å². The minimum absolute atomic E-state index is 0.166. The van der Waals surface area contributed by atoms with Crippen LogP contribution in [0.25, 0.3) is 11.0 Å². The Balaban J connectivity index is 1.46. The summed E-state index contributed by atoms with van der Waals surface area (Å²) in [6.07, 6.45) is -0.177. The Hall–Kier alpha value is -2.99. The van der Waals surface area contributed by atoms with E-state index in [1.54, 1.807) is 37.3 Å². The standard InChI is InChI=1S/C23H22O5S/c1-15-13-22(29)28-20-14-18(10-11-19(15)20)26-12-6-9-21(24)27-16(2)23(25)17-7-4-3-5-8-17/h3-5,7-8,10-11,13-14,16H,6,9,12H2,1-2H3. The maximum absolute atomic E-state index is 12.2. The predicted octanol–water partition coefficient (Wildman–Crippen LogP) is 5.44. The lowest BCUT2D eigenvalue weighted by Crippen LogP contribution is -2.24. The molecule has 0 saturated heterocycles. The molecule has 5 nitrogen and oxygen atoms in total. The van der Waals surface area contributed by atoms with Gasteiger partial charge in [0.05, 0.1) is 6.61 Å². The predicted molar refractivity (Wildman–Crippen MR) is 113 cm³/mol. The first-order valence-electron chi connectivity index (χ1n) is 9.40. The van der Waals surface area contributed by atoms with E-state index in [0.29, 0.717) is 34.6 Å². The van der Waals surface area contributed by atoms with Gasteiger partial charge in [-0.1, -0.05) is 30.3 Å². The lowest BCUT2D eigenvalue weighted by Gasteiger charge is -2.12. The van der Waals surface area contributed by atoms with Crippen LogP contribution in [0.3, 0.4) is 0 Å². The monoisotopic (exact) mass is 410 g/mol. The average Bonchev–Trinajstić information content (AvgIpc) is 2.70. The van der Waals surface area contributed by atoms with Gasteiger partial charge in [0.1, 0.15) is 11.3 Å². The Labute approximate surface area is 174 Å². The van der Waals surface area contributed by atoms with Gasteiger partial charge in [0.2, 0.25) is 5.78 Å². The summed E-state index contributed by atoms with van der Waals surface area (Å²) in [4.78, 5) is 24.2. The number of hydrogen-bond acceptors (Lipinski definition) is 6. The molecule has 0 aliphatic heterocycles. The summed E-state index contributed by atoms with van der Waals surface area (Å²) < 4.78 is 16.9. The fourth-order valence-corrected chi connectivity index (χ4v) is 3.21. The van der Waals surface area contributed by atoms with Gasteiger partial charge in [-0.2, -0.15) is 0 Å². The molecule has 2 aromatic carbocycles. The molecule has 0 bridgehead atoms. The normalized spacial score (nSPS) is 11.8. The van der Waals surface area contributed by atoms with Crippen molar-refractivity contribution in [1.29, 1.82) is 0 Å². The summed E-state index contributed by atoms with van der Waals surface area (Å²) >= 11 is 5.11. The Kier molecular flexibility index (Phi) is 6.77. The SMILES string of the molecule is Cc1cc(=S)oc2cc(OCCCC(=O)OC(C)C(=O)c3ccccc3)ccc12. The van der Waals surface area contributed by atoms with Gasteiger partial charge in [-0.15, -0.1) is 0 Å². The molecule has 0 aliphatic rings. The number of hydrogen-bond donors (Lipinski definition) is 0. The Morgan fingerprint density at radius 1 is 1.10 bits per heavy atom. The third kappa shape index (κ3) is 5.51. The molecule has 0 aliphatic carbocycles. The number of carbonyl (C=O) groups excluding carboxylic acids is 2. The highest BCUT2D eigenvalue weighted by atomic mass is 32.1. The highest BCUT2D eigenvalue weighted by Gasteiger charge is 2.19. The molecule has 0 spiro atoms. The second kappa shape index (κ2) is 9.47. The van der Waals surface area contributed by atoms with Crippen molar-refractivity contribution in [2.24, 2.45) is 0 Å². The van der Waals surface area contributed by atoms with Gasteiger partial charge in [-0.25, -0.2) is 0 Å². The first-order valence-corrected chi connectivity index (χ1v) is 9.81. The van der Waals surface area contributed by atoms with Crippen LogP contribution in [0.4, 0.5) is 0 Å². The number of rotatable bonds is 8. The quantitative estimate of drug-likeness (QED) is 0.213. The highest BCUT2D eigenvalue weighted by molar-refractivity contribution is 7.71. The maximum Gasteiger partial charge on any atom is 0.306 e. The van der Waals surface area contributed by atoms with Crippen LogP contribution in [0.2, 0.25) is 0 Å². The molecule has 0 saturated carbocycles. The zero-order valence-electron chi connectivity index (χ0n) is 16.3. The van der Waals surface area contributed by atoms with Crippen LogP contribution in [0.5, 0.6) is 5.75 Å². The number of fused-ring (bicyclic) bond motifs is 1. The summed E-state index contributed by atoms with van der Waals surface area (Å²) in [6, 6.07) is 16.2. The molecule has 6 heteroatoms. The fourth-order valence-electron chi connectivity index (χ4n) is 2.95. The van der Waals surface area contributed by atoms with Crippen LogP contribution in [0.1, 0.15) is 35.7 Å². The number of esters is 1. The minimum atomic E-state index is -0.816. The fraction of sp³-hybridized carbons (Fsp3) is 0.261. The summed E-state index contributed by atoms with van der Waals surface area (Å²) in [5.41, 5.74) is 2.24. The Bertz CT molecular complexity index is 1070. The molecule has 0 amide bonds. The third-order valence-electron chi connectivity index (χ3n) is 4.45. The van der Waals surface area contributed by atoms with E-state index in [-0.39, 0.29) is 12.2 Å². The van der Waals surface area contributed by atoms with E-state index in [0.717, 1.165) is 10.9 Å². The molecule has 1 unspecified atom stereocenters. The van der Waals surface area contributed by atoms with Crippen LogP contribution in [-0.2, 0) is 9.53 Å². The number of benzene rings is 2. The Morgan fingerprint density at radius 2 is 1.86 bits per heavy atom. The van der Waals surface area contributed by atoms with Gasteiger partial charge in [0, 0.05) is 23.4 Å². The summed E-state index contributed by atoms with van der Waals surface area (Å²) in [5.74, 6) is -0.000904. The number of aryl methyl sites for hydroxylation is 1. The molecule has 1 heterocycles. The number of carbonyl (C=O) groups is 2. The highest BCUT2D eigenvalue weighted by Crippen LogP contribution is 2.24. The molecular weight excluding hydrogens is 388 g/mol. The molecular formula is C23H22O5S. The molecule has 150 valence electrons. The van der Waals surface area contributed by atoms with Gasteiger partial charge >= 0.3 is 5.97 Å². The van der Waals surface area contributed by atoms with Crippen LogP contribution < -0.4 is 4.74 Å². The van der Waals surface area contributed by atoms with E-state index in [9.17, 15) is 9.59 Å². The minimum Gasteiger partial charge on any atom is -0.493 e. The molecule has 3 aromatic rings. The number of ether oxygens (including phenoxy) is 2. The average molecular weight is 410 g/mol.